The fourth-order valence-electron chi connectivity index (χ4n) is 3.57. The van der Waals surface area contributed by atoms with Gasteiger partial charge in [-0.1, -0.05) is 18.2 Å². The molecule has 2 amide bonds. The standard InChI is InChI=1S/C23H16F4N2O2/c24-16-6-8-18(19(13-16)23(25,26)27)21(30)28-17-7-9-20-15(12-17)10-11-29(20)22(31)14-4-2-1-3-5-14/h1-9,12-13H,10-11H2,(H,28,30). The summed E-state index contributed by atoms with van der Waals surface area (Å²) in [5, 5.41) is 2.43. The lowest BCUT2D eigenvalue weighted by Crippen LogP contribution is -2.28. The Kier molecular flexibility index (Phi) is 5.22. The number of alkyl halides is 3. The zero-order valence-corrected chi connectivity index (χ0v) is 16.0. The number of carbonyl (C=O) groups excluding carboxylic acids is 2. The lowest BCUT2D eigenvalue weighted by Gasteiger charge is -2.18. The number of hydrogen-bond donors (Lipinski definition) is 1. The number of carbonyl (C=O) groups is 2. The molecule has 1 aliphatic rings. The van der Waals surface area contributed by atoms with Crippen molar-refractivity contribution in [3.05, 3.63) is 94.8 Å². The van der Waals surface area contributed by atoms with Crippen LogP contribution in [0.15, 0.2) is 66.7 Å². The largest absolute Gasteiger partial charge is 0.417 e. The van der Waals surface area contributed by atoms with Crippen LogP contribution in [0.1, 0.15) is 31.8 Å². The second-order valence-electron chi connectivity index (χ2n) is 7.06. The maximum Gasteiger partial charge on any atom is 0.417 e. The van der Waals surface area contributed by atoms with Crippen LogP contribution in [-0.2, 0) is 12.6 Å². The zero-order chi connectivity index (χ0) is 22.2. The lowest BCUT2D eigenvalue weighted by atomic mass is 10.1. The second kappa shape index (κ2) is 7.86. The molecule has 3 aromatic carbocycles. The lowest BCUT2D eigenvalue weighted by molar-refractivity contribution is -0.138. The fraction of sp³-hybridized carbons (Fsp3) is 0.130. The van der Waals surface area contributed by atoms with E-state index >= 15 is 0 Å². The summed E-state index contributed by atoms with van der Waals surface area (Å²) in [6, 6.07) is 15.5. The van der Waals surface area contributed by atoms with Crippen molar-refractivity contribution in [1.82, 2.24) is 0 Å². The first kappa shape index (κ1) is 20.6. The van der Waals surface area contributed by atoms with E-state index in [1.807, 2.05) is 6.07 Å². The highest BCUT2D eigenvalue weighted by Gasteiger charge is 2.36. The molecule has 0 atom stereocenters. The van der Waals surface area contributed by atoms with E-state index in [2.05, 4.69) is 5.32 Å². The number of nitrogens with one attached hydrogen (secondary N) is 1. The predicted molar refractivity (Wildman–Crippen MR) is 108 cm³/mol. The van der Waals surface area contributed by atoms with Crippen LogP contribution in [0.3, 0.4) is 0 Å². The summed E-state index contributed by atoms with van der Waals surface area (Å²) < 4.78 is 52.8. The van der Waals surface area contributed by atoms with E-state index in [4.69, 9.17) is 0 Å². The van der Waals surface area contributed by atoms with E-state index in [-0.39, 0.29) is 11.6 Å². The molecule has 0 bridgehead atoms. The van der Waals surface area contributed by atoms with Gasteiger partial charge in [0.15, 0.2) is 0 Å². The first-order chi connectivity index (χ1) is 14.7. The van der Waals surface area contributed by atoms with Crippen molar-refractivity contribution >= 4 is 23.2 Å². The molecule has 1 N–H and O–H groups in total. The van der Waals surface area contributed by atoms with Gasteiger partial charge in [0.25, 0.3) is 11.8 Å². The molecule has 31 heavy (non-hydrogen) atoms. The Hall–Kier alpha value is -3.68. The summed E-state index contributed by atoms with van der Waals surface area (Å²) in [4.78, 5) is 26.8. The molecule has 3 aromatic rings. The molecule has 0 aromatic heterocycles. The van der Waals surface area contributed by atoms with Gasteiger partial charge in [0.05, 0.1) is 11.1 Å². The van der Waals surface area contributed by atoms with Crippen LogP contribution in [0.5, 0.6) is 0 Å². The minimum absolute atomic E-state index is 0.155. The van der Waals surface area contributed by atoms with Gasteiger partial charge in [-0.2, -0.15) is 13.2 Å². The van der Waals surface area contributed by atoms with Crippen LogP contribution in [0, 0.1) is 5.82 Å². The summed E-state index contributed by atoms with van der Waals surface area (Å²) in [6.45, 7) is 0.455. The van der Waals surface area contributed by atoms with Crippen molar-refractivity contribution in [3.8, 4) is 0 Å². The van der Waals surface area contributed by atoms with Crippen molar-refractivity contribution in [2.24, 2.45) is 0 Å². The summed E-state index contributed by atoms with van der Waals surface area (Å²) in [6.07, 6.45) is -4.33. The third-order valence-electron chi connectivity index (χ3n) is 5.03. The highest BCUT2D eigenvalue weighted by molar-refractivity contribution is 6.08. The Morgan fingerprint density at radius 2 is 1.68 bits per heavy atom. The number of benzene rings is 3. The third-order valence-corrected chi connectivity index (χ3v) is 5.03. The van der Waals surface area contributed by atoms with Gasteiger partial charge in [-0.15, -0.1) is 0 Å². The van der Waals surface area contributed by atoms with Crippen molar-refractivity contribution in [2.75, 3.05) is 16.8 Å². The molecule has 1 aliphatic heterocycles. The van der Waals surface area contributed by atoms with E-state index in [1.165, 1.54) is 6.07 Å². The quantitative estimate of drug-likeness (QED) is 0.576. The third kappa shape index (κ3) is 4.14. The average molecular weight is 428 g/mol. The Morgan fingerprint density at radius 1 is 0.935 bits per heavy atom. The Bertz CT molecular complexity index is 1160. The Balaban J connectivity index is 1.56. The molecule has 0 fully saturated rings. The Morgan fingerprint density at radius 3 is 2.39 bits per heavy atom. The summed E-state index contributed by atoms with van der Waals surface area (Å²) in [5.74, 6) is -2.23. The molecule has 4 nitrogen and oxygen atoms in total. The highest BCUT2D eigenvalue weighted by Crippen LogP contribution is 2.34. The molecular weight excluding hydrogens is 412 g/mol. The Labute approximate surface area is 175 Å². The number of nitrogens with zero attached hydrogens (tertiary/aromatic N) is 1. The number of halogens is 4. The average Bonchev–Trinajstić information content (AvgIpc) is 3.16. The van der Waals surface area contributed by atoms with Crippen molar-refractivity contribution in [1.29, 1.82) is 0 Å². The number of hydrogen-bond acceptors (Lipinski definition) is 2. The SMILES string of the molecule is O=C(Nc1ccc2c(c1)CCN2C(=O)c1ccccc1)c1ccc(F)cc1C(F)(F)F. The van der Waals surface area contributed by atoms with Gasteiger partial charge in [0.1, 0.15) is 5.82 Å². The van der Waals surface area contributed by atoms with E-state index < -0.39 is 29.0 Å². The van der Waals surface area contributed by atoms with Gasteiger partial charge in [0, 0.05) is 23.5 Å². The molecular formula is C23H16F4N2O2. The van der Waals surface area contributed by atoms with Crippen LogP contribution in [0.4, 0.5) is 28.9 Å². The predicted octanol–water partition coefficient (Wildman–Crippen LogP) is 5.30. The van der Waals surface area contributed by atoms with Crippen LogP contribution in [-0.4, -0.2) is 18.4 Å². The molecule has 0 saturated heterocycles. The van der Waals surface area contributed by atoms with Gasteiger partial charge in [-0.3, -0.25) is 9.59 Å². The first-order valence-corrected chi connectivity index (χ1v) is 9.42. The fourth-order valence-corrected chi connectivity index (χ4v) is 3.57. The first-order valence-electron chi connectivity index (χ1n) is 9.42. The van der Waals surface area contributed by atoms with E-state index in [1.54, 1.807) is 41.3 Å². The van der Waals surface area contributed by atoms with Gasteiger partial charge in [0.2, 0.25) is 0 Å². The van der Waals surface area contributed by atoms with E-state index in [0.29, 0.717) is 30.3 Å². The highest BCUT2D eigenvalue weighted by atomic mass is 19.4. The van der Waals surface area contributed by atoms with Crippen molar-refractivity contribution in [2.45, 2.75) is 12.6 Å². The zero-order valence-electron chi connectivity index (χ0n) is 16.0. The van der Waals surface area contributed by atoms with Gasteiger partial charge >= 0.3 is 6.18 Å². The molecule has 0 aliphatic carbocycles. The van der Waals surface area contributed by atoms with Gasteiger partial charge < -0.3 is 10.2 Å². The van der Waals surface area contributed by atoms with Crippen molar-refractivity contribution in [3.63, 3.8) is 0 Å². The van der Waals surface area contributed by atoms with Crippen LogP contribution in [0.2, 0.25) is 0 Å². The van der Waals surface area contributed by atoms with Crippen LogP contribution < -0.4 is 10.2 Å². The maximum absolute atomic E-state index is 13.3. The molecule has 4 rings (SSSR count). The molecule has 0 saturated carbocycles. The minimum Gasteiger partial charge on any atom is -0.322 e. The number of anilines is 2. The number of fused-ring (bicyclic) bond motifs is 1. The molecule has 1 heterocycles. The molecule has 0 radical (unpaired) electrons. The molecule has 158 valence electrons. The van der Waals surface area contributed by atoms with Crippen LogP contribution in [0.25, 0.3) is 0 Å². The summed E-state index contributed by atoms with van der Waals surface area (Å²) in [7, 11) is 0. The molecule has 0 unspecified atom stereocenters. The summed E-state index contributed by atoms with van der Waals surface area (Å²) in [5.41, 5.74) is 0.293. The van der Waals surface area contributed by atoms with E-state index in [9.17, 15) is 27.2 Å². The van der Waals surface area contributed by atoms with Gasteiger partial charge in [-0.05, 0) is 60.5 Å². The molecule has 0 spiro atoms. The van der Waals surface area contributed by atoms with Crippen LogP contribution >= 0.6 is 0 Å². The number of rotatable bonds is 3. The number of amides is 2. The van der Waals surface area contributed by atoms with Gasteiger partial charge in [-0.25, -0.2) is 4.39 Å². The monoisotopic (exact) mass is 428 g/mol. The summed E-state index contributed by atoms with van der Waals surface area (Å²) >= 11 is 0. The van der Waals surface area contributed by atoms with E-state index in [0.717, 1.165) is 17.7 Å². The minimum atomic E-state index is -4.87. The maximum atomic E-state index is 13.3. The normalized spacial score (nSPS) is 13.1. The molecule has 8 heteroatoms. The topological polar surface area (TPSA) is 49.4 Å². The second-order valence-corrected chi connectivity index (χ2v) is 7.06. The smallest absolute Gasteiger partial charge is 0.322 e. The van der Waals surface area contributed by atoms with Crippen molar-refractivity contribution < 1.29 is 27.2 Å².